The quantitative estimate of drug-likeness (QED) is 0.741. The van der Waals surface area contributed by atoms with Gasteiger partial charge in [-0.25, -0.2) is 0 Å². The van der Waals surface area contributed by atoms with Crippen LogP contribution in [-0.4, -0.2) is 19.1 Å². The van der Waals surface area contributed by atoms with Gasteiger partial charge in [0, 0.05) is 22.7 Å². The van der Waals surface area contributed by atoms with E-state index >= 15 is 0 Å². The van der Waals surface area contributed by atoms with E-state index in [4.69, 9.17) is 0 Å². The molecule has 2 aliphatic heterocycles. The van der Waals surface area contributed by atoms with Crippen LogP contribution in [0.1, 0.15) is 13.3 Å². The molecule has 0 spiro atoms. The van der Waals surface area contributed by atoms with Crippen molar-refractivity contribution in [3.05, 3.63) is 21.8 Å². The van der Waals surface area contributed by atoms with Gasteiger partial charge in [0.25, 0.3) is 0 Å². The highest BCUT2D eigenvalue weighted by molar-refractivity contribution is 14.1. The molecule has 0 bridgehead atoms. The van der Waals surface area contributed by atoms with Gasteiger partial charge in [0.2, 0.25) is 0 Å². The molecule has 1 fully saturated rings. The van der Waals surface area contributed by atoms with Crippen molar-refractivity contribution < 1.29 is 0 Å². The normalized spacial score (nSPS) is 28.3. The highest BCUT2D eigenvalue weighted by Gasteiger charge is 2.34. The number of nitrogens with zero attached hydrogens (tertiary/aromatic N) is 1. The molecule has 0 saturated carbocycles. The van der Waals surface area contributed by atoms with Crippen molar-refractivity contribution in [3.8, 4) is 0 Å². The summed E-state index contributed by atoms with van der Waals surface area (Å²) >= 11 is 2.37. The van der Waals surface area contributed by atoms with Gasteiger partial charge in [-0.15, -0.1) is 0 Å². The van der Waals surface area contributed by atoms with E-state index in [2.05, 4.69) is 57.9 Å². The minimum absolute atomic E-state index is 0.706. The molecule has 3 heteroatoms. The van der Waals surface area contributed by atoms with Crippen LogP contribution in [0.15, 0.2) is 18.2 Å². The van der Waals surface area contributed by atoms with Gasteiger partial charge in [0.1, 0.15) is 0 Å². The second-order valence-corrected chi connectivity index (χ2v) is 5.81. The van der Waals surface area contributed by atoms with Gasteiger partial charge >= 0.3 is 0 Å². The summed E-state index contributed by atoms with van der Waals surface area (Å²) in [5.74, 6) is 0.824. The fourth-order valence-electron chi connectivity index (χ4n) is 2.73. The maximum atomic E-state index is 3.56. The predicted molar refractivity (Wildman–Crippen MR) is 72.6 cm³/mol. The number of hydrogen-bond donors (Lipinski definition) is 1. The van der Waals surface area contributed by atoms with Gasteiger partial charge in [0.05, 0.1) is 11.4 Å². The number of fused-ring (bicyclic) bond motifs is 3. The Labute approximate surface area is 104 Å². The average Bonchev–Trinajstić information content (AvgIpc) is 2.60. The molecule has 1 aromatic carbocycles. The summed E-state index contributed by atoms with van der Waals surface area (Å²) in [6.45, 7) is 4.69. The van der Waals surface area contributed by atoms with Crippen LogP contribution in [0.4, 0.5) is 11.4 Å². The van der Waals surface area contributed by atoms with Gasteiger partial charge in [-0.2, -0.15) is 0 Å². The third-order valence-corrected chi connectivity index (χ3v) is 4.32. The smallest absolute Gasteiger partial charge is 0.0606 e. The number of nitrogens with one attached hydrogen (secondary N) is 1. The first-order valence-electron chi connectivity index (χ1n) is 5.56. The van der Waals surface area contributed by atoms with Crippen molar-refractivity contribution in [3.63, 3.8) is 0 Å². The SMILES string of the molecule is CC1CCN2c3ccc(I)cc3NCC12. The Balaban J connectivity index is 2.02. The minimum Gasteiger partial charge on any atom is -0.381 e. The molecule has 2 heterocycles. The van der Waals surface area contributed by atoms with E-state index in [1.54, 1.807) is 0 Å². The summed E-state index contributed by atoms with van der Waals surface area (Å²) in [7, 11) is 0. The maximum Gasteiger partial charge on any atom is 0.0606 e. The van der Waals surface area contributed by atoms with E-state index in [-0.39, 0.29) is 0 Å². The first kappa shape index (κ1) is 9.75. The first-order valence-corrected chi connectivity index (χ1v) is 6.63. The monoisotopic (exact) mass is 314 g/mol. The van der Waals surface area contributed by atoms with E-state index in [0.717, 1.165) is 12.5 Å². The lowest BCUT2D eigenvalue weighted by molar-refractivity contribution is 0.524. The van der Waals surface area contributed by atoms with Crippen LogP contribution < -0.4 is 10.2 Å². The van der Waals surface area contributed by atoms with Crippen molar-refractivity contribution in [1.29, 1.82) is 0 Å². The topological polar surface area (TPSA) is 15.3 Å². The summed E-state index contributed by atoms with van der Waals surface area (Å²) in [6.07, 6.45) is 1.33. The molecule has 0 aromatic heterocycles. The summed E-state index contributed by atoms with van der Waals surface area (Å²) in [4.78, 5) is 2.58. The average molecular weight is 314 g/mol. The van der Waals surface area contributed by atoms with Crippen molar-refractivity contribution >= 4 is 34.0 Å². The molecule has 2 unspecified atom stereocenters. The Hall–Kier alpha value is -0.450. The third kappa shape index (κ3) is 1.51. The lowest BCUT2D eigenvalue weighted by Gasteiger charge is -2.36. The zero-order chi connectivity index (χ0) is 10.4. The number of hydrogen-bond acceptors (Lipinski definition) is 2. The van der Waals surface area contributed by atoms with Crippen LogP contribution in [-0.2, 0) is 0 Å². The molecule has 3 rings (SSSR count). The standard InChI is InChI=1S/C12H15IN2/c1-8-4-5-15-11-3-2-9(13)6-10(11)14-7-12(8)15/h2-3,6,8,12,14H,4-5,7H2,1H3. The van der Waals surface area contributed by atoms with Crippen molar-refractivity contribution in [2.24, 2.45) is 5.92 Å². The zero-order valence-electron chi connectivity index (χ0n) is 8.83. The van der Waals surface area contributed by atoms with Crippen LogP contribution in [0.2, 0.25) is 0 Å². The highest BCUT2D eigenvalue weighted by Crippen LogP contribution is 2.38. The molecule has 15 heavy (non-hydrogen) atoms. The van der Waals surface area contributed by atoms with Crippen LogP contribution >= 0.6 is 22.6 Å². The van der Waals surface area contributed by atoms with E-state index < -0.39 is 0 Å². The molecular weight excluding hydrogens is 299 g/mol. The summed E-state index contributed by atoms with van der Waals surface area (Å²) in [6, 6.07) is 7.41. The van der Waals surface area contributed by atoms with E-state index in [1.165, 1.54) is 27.9 Å². The van der Waals surface area contributed by atoms with Gasteiger partial charge < -0.3 is 10.2 Å². The van der Waals surface area contributed by atoms with Crippen molar-refractivity contribution in [2.75, 3.05) is 23.3 Å². The number of anilines is 2. The largest absolute Gasteiger partial charge is 0.381 e. The molecule has 2 aliphatic rings. The fourth-order valence-corrected chi connectivity index (χ4v) is 3.22. The Morgan fingerprint density at radius 2 is 2.33 bits per heavy atom. The molecule has 1 N–H and O–H groups in total. The predicted octanol–water partition coefficient (Wildman–Crippen LogP) is 2.93. The Bertz CT molecular complexity index is 391. The molecule has 0 radical (unpaired) electrons. The molecule has 2 atom stereocenters. The Kier molecular flexibility index (Phi) is 2.30. The number of rotatable bonds is 0. The van der Waals surface area contributed by atoms with Crippen LogP contribution in [0.25, 0.3) is 0 Å². The summed E-state index contributed by atoms with van der Waals surface area (Å²) < 4.78 is 1.31. The molecule has 1 saturated heterocycles. The van der Waals surface area contributed by atoms with Crippen LogP contribution in [0.5, 0.6) is 0 Å². The second-order valence-electron chi connectivity index (χ2n) is 4.57. The molecule has 80 valence electrons. The lowest BCUT2D eigenvalue weighted by Crippen LogP contribution is -2.41. The molecule has 1 aromatic rings. The summed E-state index contributed by atoms with van der Waals surface area (Å²) in [5.41, 5.74) is 2.71. The van der Waals surface area contributed by atoms with Gasteiger partial charge in [0.15, 0.2) is 0 Å². The second kappa shape index (κ2) is 3.54. The Morgan fingerprint density at radius 1 is 1.47 bits per heavy atom. The Morgan fingerprint density at radius 3 is 3.20 bits per heavy atom. The van der Waals surface area contributed by atoms with Crippen LogP contribution in [0, 0.1) is 9.49 Å². The summed E-state index contributed by atoms with van der Waals surface area (Å²) in [5, 5.41) is 3.56. The van der Waals surface area contributed by atoms with Gasteiger partial charge in [-0.1, -0.05) is 6.92 Å². The number of benzene rings is 1. The van der Waals surface area contributed by atoms with E-state index in [9.17, 15) is 0 Å². The number of halogens is 1. The van der Waals surface area contributed by atoms with E-state index in [1.807, 2.05) is 0 Å². The third-order valence-electron chi connectivity index (χ3n) is 3.65. The van der Waals surface area contributed by atoms with Crippen molar-refractivity contribution in [2.45, 2.75) is 19.4 Å². The van der Waals surface area contributed by atoms with Gasteiger partial charge in [-0.05, 0) is 53.1 Å². The molecule has 2 nitrogen and oxygen atoms in total. The zero-order valence-corrected chi connectivity index (χ0v) is 11.0. The van der Waals surface area contributed by atoms with Crippen LogP contribution in [0.3, 0.4) is 0 Å². The highest BCUT2D eigenvalue weighted by atomic mass is 127. The van der Waals surface area contributed by atoms with E-state index in [0.29, 0.717) is 6.04 Å². The lowest BCUT2D eigenvalue weighted by atomic mass is 10.0. The fraction of sp³-hybridized carbons (Fsp3) is 0.500. The van der Waals surface area contributed by atoms with Gasteiger partial charge in [-0.3, -0.25) is 0 Å². The first-order chi connectivity index (χ1) is 7.25. The maximum absolute atomic E-state index is 3.56. The van der Waals surface area contributed by atoms with Crippen molar-refractivity contribution in [1.82, 2.24) is 0 Å². The molecular formula is C12H15IN2. The molecule has 0 amide bonds. The molecule has 0 aliphatic carbocycles. The minimum atomic E-state index is 0.706.